The summed E-state index contributed by atoms with van der Waals surface area (Å²) >= 11 is 0. The van der Waals surface area contributed by atoms with Gasteiger partial charge in [-0.1, -0.05) is 12.1 Å². The van der Waals surface area contributed by atoms with E-state index in [1.54, 1.807) is 0 Å². The summed E-state index contributed by atoms with van der Waals surface area (Å²) in [6.45, 7) is 2.49. The van der Waals surface area contributed by atoms with Crippen LogP contribution in [0.15, 0.2) is 46.2 Å². The Morgan fingerprint density at radius 1 is 0.741 bits per heavy atom. The third-order valence-electron chi connectivity index (χ3n) is 3.75. The van der Waals surface area contributed by atoms with Crippen molar-refractivity contribution in [2.24, 2.45) is 0 Å². The molecule has 0 bridgehead atoms. The number of hydrogen-bond donors (Lipinski definition) is 2. The lowest BCUT2D eigenvalue weighted by atomic mass is 10.1. The van der Waals surface area contributed by atoms with E-state index >= 15 is 0 Å². The van der Waals surface area contributed by atoms with Gasteiger partial charge in [-0.05, 0) is 49.2 Å². The second-order valence-corrected chi connectivity index (χ2v) is 8.26. The second-order valence-electron chi connectivity index (χ2n) is 5.48. The highest BCUT2D eigenvalue weighted by Gasteiger charge is 2.24. The van der Waals surface area contributed by atoms with Gasteiger partial charge in [0, 0.05) is 0 Å². The first-order valence-corrected chi connectivity index (χ1v) is 10.1. The second kappa shape index (κ2) is 7.19. The van der Waals surface area contributed by atoms with Gasteiger partial charge in [-0.3, -0.25) is 9.11 Å². The molecule has 144 valence electrons. The summed E-state index contributed by atoms with van der Waals surface area (Å²) in [5.41, 5.74) is -0.799. The minimum atomic E-state index is -4.59. The molecule has 9 nitrogen and oxygen atoms in total. The number of esters is 2. The molecule has 0 atom stereocenters. The molecule has 27 heavy (non-hydrogen) atoms. The third kappa shape index (κ3) is 4.39. The van der Waals surface area contributed by atoms with Crippen LogP contribution in [0.2, 0.25) is 0 Å². The summed E-state index contributed by atoms with van der Waals surface area (Å²) in [5, 5.41) is 0. The number of rotatable bonds is 4. The Bertz CT molecular complexity index is 1050. The van der Waals surface area contributed by atoms with E-state index in [0.29, 0.717) is 0 Å². The van der Waals surface area contributed by atoms with Crippen LogP contribution < -0.4 is 0 Å². The molecule has 0 aromatic heterocycles. The SMILES string of the molecule is Cc1c(C(=O)OC(=O)c2cccc(S(=O)(=O)O)c2C)cccc1S(=O)(=O)O. The van der Waals surface area contributed by atoms with Crippen LogP contribution in [0.4, 0.5) is 0 Å². The maximum Gasteiger partial charge on any atom is 0.346 e. The number of carbonyl (C=O) groups excluding carboxylic acids is 2. The Kier molecular flexibility index (Phi) is 5.52. The highest BCUT2D eigenvalue weighted by atomic mass is 32.2. The van der Waals surface area contributed by atoms with E-state index in [4.69, 9.17) is 9.11 Å². The molecule has 0 saturated heterocycles. The molecule has 0 spiro atoms. The van der Waals surface area contributed by atoms with Gasteiger partial charge in [-0.15, -0.1) is 0 Å². The minimum Gasteiger partial charge on any atom is -0.386 e. The summed E-state index contributed by atoms with van der Waals surface area (Å²) < 4.78 is 68.2. The Morgan fingerprint density at radius 2 is 1.07 bits per heavy atom. The van der Waals surface area contributed by atoms with E-state index in [-0.39, 0.29) is 22.3 Å². The highest BCUT2D eigenvalue weighted by Crippen LogP contribution is 2.22. The van der Waals surface area contributed by atoms with Crippen molar-refractivity contribution in [1.82, 2.24) is 0 Å². The molecule has 0 aliphatic rings. The molecule has 0 radical (unpaired) electrons. The first kappa shape index (κ1) is 20.7. The van der Waals surface area contributed by atoms with E-state index < -0.39 is 42.0 Å². The zero-order valence-electron chi connectivity index (χ0n) is 14.0. The maximum atomic E-state index is 12.2. The van der Waals surface area contributed by atoms with Gasteiger partial charge in [0.2, 0.25) is 0 Å². The largest absolute Gasteiger partial charge is 0.386 e. The van der Waals surface area contributed by atoms with E-state index in [0.717, 1.165) is 12.1 Å². The topological polar surface area (TPSA) is 152 Å². The van der Waals surface area contributed by atoms with Gasteiger partial charge in [0.05, 0.1) is 20.9 Å². The lowest BCUT2D eigenvalue weighted by molar-refractivity contribution is 0.0396. The number of benzene rings is 2. The van der Waals surface area contributed by atoms with Crippen LogP contribution in [0.3, 0.4) is 0 Å². The van der Waals surface area contributed by atoms with Gasteiger partial charge in [0.25, 0.3) is 20.2 Å². The van der Waals surface area contributed by atoms with Crippen molar-refractivity contribution in [3.05, 3.63) is 58.7 Å². The quantitative estimate of drug-likeness (QED) is 0.433. The first-order chi connectivity index (χ1) is 12.3. The summed E-state index contributed by atoms with van der Waals surface area (Å²) in [7, 11) is -9.17. The molecule has 0 aliphatic carbocycles. The Labute approximate surface area is 155 Å². The van der Waals surface area contributed by atoms with Crippen molar-refractivity contribution in [1.29, 1.82) is 0 Å². The highest BCUT2D eigenvalue weighted by molar-refractivity contribution is 7.86. The zero-order valence-corrected chi connectivity index (χ0v) is 15.7. The molecule has 0 fully saturated rings. The lowest BCUT2D eigenvalue weighted by Crippen LogP contribution is -2.17. The van der Waals surface area contributed by atoms with E-state index in [9.17, 15) is 26.4 Å². The predicted octanol–water partition coefficient (Wildman–Crippen LogP) is 1.79. The van der Waals surface area contributed by atoms with Crippen molar-refractivity contribution in [2.75, 3.05) is 0 Å². The zero-order chi connectivity index (χ0) is 20.6. The third-order valence-corrected chi connectivity index (χ3v) is 5.75. The average Bonchev–Trinajstić information content (AvgIpc) is 2.52. The van der Waals surface area contributed by atoms with Crippen LogP contribution in [0.5, 0.6) is 0 Å². The smallest absolute Gasteiger partial charge is 0.346 e. The molecule has 11 heteroatoms. The Hall–Kier alpha value is -2.60. The van der Waals surface area contributed by atoms with Gasteiger partial charge in [0.1, 0.15) is 0 Å². The summed E-state index contributed by atoms with van der Waals surface area (Å²) in [5.74, 6) is -2.39. The average molecular weight is 414 g/mol. The fraction of sp³-hybridized carbons (Fsp3) is 0.125. The fourth-order valence-electron chi connectivity index (χ4n) is 2.42. The Morgan fingerprint density at radius 3 is 1.37 bits per heavy atom. The first-order valence-electron chi connectivity index (χ1n) is 7.24. The van der Waals surface area contributed by atoms with Crippen LogP contribution in [0.1, 0.15) is 31.8 Å². The van der Waals surface area contributed by atoms with Gasteiger partial charge >= 0.3 is 11.9 Å². The van der Waals surface area contributed by atoms with Crippen LogP contribution in [-0.2, 0) is 25.0 Å². The van der Waals surface area contributed by atoms with Gasteiger partial charge < -0.3 is 4.74 Å². The van der Waals surface area contributed by atoms with Crippen molar-refractivity contribution in [2.45, 2.75) is 23.6 Å². The Balaban J connectivity index is 2.40. The number of ether oxygens (including phenoxy) is 1. The standard InChI is InChI=1S/C16H14O9S2/c1-9-11(5-3-7-13(9)26(19,20)21)15(17)25-16(18)12-6-4-8-14(10(12)2)27(22,23)24/h3-8H,1-2H3,(H,19,20,21)(H,22,23,24). The maximum absolute atomic E-state index is 12.2. The summed E-state index contributed by atoms with van der Waals surface area (Å²) in [6, 6.07) is 6.90. The molecule has 0 unspecified atom stereocenters. The number of carbonyl (C=O) groups is 2. The van der Waals surface area contributed by atoms with E-state index in [1.807, 2.05) is 0 Å². The minimum absolute atomic E-state index is 0.124. The van der Waals surface area contributed by atoms with Crippen molar-refractivity contribution >= 4 is 32.2 Å². The van der Waals surface area contributed by atoms with E-state index in [1.165, 1.54) is 38.1 Å². The molecular weight excluding hydrogens is 400 g/mol. The fourth-order valence-corrected chi connectivity index (χ4v) is 3.92. The van der Waals surface area contributed by atoms with Crippen molar-refractivity contribution in [3.63, 3.8) is 0 Å². The summed E-state index contributed by atoms with van der Waals surface area (Å²) in [6.07, 6.45) is 0. The van der Waals surface area contributed by atoms with Crippen LogP contribution >= 0.6 is 0 Å². The molecule has 2 N–H and O–H groups in total. The molecule has 0 amide bonds. The lowest BCUT2D eigenvalue weighted by Gasteiger charge is -2.10. The van der Waals surface area contributed by atoms with Gasteiger partial charge in [0.15, 0.2) is 0 Å². The number of hydrogen-bond acceptors (Lipinski definition) is 7. The molecule has 2 aromatic carbocycles. The van der Waals surface area contributed by atoms with E-state index in [2.05, 4.69) is 4.74 Å². The van der Waals surface area contributed by atoms with Crippen LogP contribution in [0.25, 0.3) is 0 Å². The van der Waals surface area contributed by atoms with Gasteiger partial charge in [-0.25, -0.2) is 9.59 Å². The molecule has 0 saturated carbocycles. The van der Waals surface area contributed by atoms with Crippen molar-refractivity contribution < 1.29 is 40.3 Å². The summed E-state index contributed by atoms with van der Waals surface area (Å²) in [4.78, 5) is 23.4. The van der Waals surface area contributed by atoms with Crippen LogP contribution in [-0.4, -0.2) is 37.9 Å². The van der Waals surface area contributed by atoms with Crippen LogP contribution in [0, 0.1) is 13.8 Å². The molecule has 0 heterocycles. The predicted molar refractivity (Wildman–Crippen MR) is 91.7 cm³/mol. The molecule has 0 aliphatic heterocycles. The molecule has 2 aromatic rings. The van der Waals surface area contributed by atoms with Crippen molar-refractivity contribution in [3.8, 4) is 0 Å². The molecule has 2 rings (SSSR count). The normalized spacial score (nSPS) is 11.9. The van der Waals surface area contributed by atoms with Gasteiger partial charge in [-0.2, -0.15) is 16.8 Å². The molecular formula is C16H14O9S2. The monoisotopic (exact) mass is 414 g/mol.